The molecule has 2 aliphatic rings. The van der Waals surface area contributed by atoms with E-state index >= 15 is 0 Å². The average molecular weight is 589 g/mol. The molecule has 3 aromatic heterocycles. The zero-order chi connectivity index (χ0) is 30.2. The summed E-state index contributed by atoms with van der Waals surface area (Å²) in [6, 6.07) is 31.6. The summed E-state index contributed by atoms with van der Waals surface area (Å²) < 4.78 is 11.0. The Kier molecular flexibility index (Phi) is 5.93. The van der Waals surface area contributed by atoms with Crippen LogP contribution in [-0.4, -0.2) is 32.7 Å². The first-order valence-electron chi connectivity index (χ1n) is 16.3. The first-order chi connectivity index (χ1) is 22.0. The molecule has 0 saturated heterocycles. The van der Waals surface area contributed by atoms with Crippen molar-refractivity contribution in [1.82, 2.24) is 14.1 Å². The van der Waals surface area contributed by atoms with Gasteiger partial charge in [-0.2, -0.15) is 0 Å². The number of hydrogen-bond acceptors (Lipinski definition) is 3. The molecule has 1 aliphatic heterocycles. The Morgan fingerprint density at radius 2 is 1.40 bits per heavy atom. The number of pyridine rings is 1. The first kappa shape index (κ1) is 26.5. The monoisotopic (exact) mass is 588 g/mol. The number of aryl methyl sites for hydroxylation is 3. The van der Waals surface area contributed by atoms with Gasteiger partial charge in [-0.1, -0.05) is 42.2 Å². The highest BCUT2D eigenvalue weighted by Crippen LogP contribution is 2.38. The van der Waals surface area contributed by atoms with Gasteiger partial charge in [0.1, 0.15) is 12.3 Å². The fraction of sp³-hybridized carbons (Fsp3) is 0.250. The van der Waals surface area contributed by atoms with Crippen LogP contribution in [0.1, 0.15) is 47.9 Å². The van der Waals surface area contributed by atoms with Crippen LogP contribution in [0.5, 0.6) is 0 Å². The molecule has 4 aromatic carbocycles. The molecule has 1 fully saturated rings. The molecular formula is C40H36N4O. The van der Waals surface area contributed by atoms with Gasteiger partial charge in [0.05, 0.1) is 22.6 Å². The predicted molar refractivity (Wildman–Crippen MR) is 185 cm³/mol. The third-order valence-corrected chi connectivity index (χ3v) is 10.0. The summed E-state index contributed by atoms with van der Waals surface area (Å²) in [6.45, 7) is 7.20. The number of hydrogen-bond donors (Lipinski definition) is 0. The van der Waals surface area contributed by atoms with Crippen LogP contribution in [0.2, 0.25) is 0 Å². The minimum absolute atomic E-state index is 0.286. The van der Waals surface area contributed by atoms with Crippen LogP contribution in [0.3, 0.4) is 0 Å². The molecule has 4 heterocycles. The molecule has 0 bridgehead atoms. The van der Waals surface area contributed by atoms with Gasteiger partial charge in [-0.25, -0.2) is 9.98 Å². The Morgan fingerprint density at radius 3 is 2.20 bits per heavy atom. The fourth-order valence-corrected chi connectivity index (χ4v) is 7.91. The van der Waals surface area contributed by atoms with Crippen molar-refractivity contribution in [3.05, 3.63) is 113 Å². The van der Waals surface area contributed by atoms with E-state index in [0.717, 1.165) is 28.5 Å². The summed E-state index contributed by atoms with van der Waals surface area (Å²) in [5.74, 6) is 1.45. The van der Waals surface area contributed by atoms with Gasteiger partial charge in [-0.05, 0) is 112 Å². The van der Waals surface area contributed by atoms with Crippen LogP contribution in [0, 0.1) is 26.7 Å². The van der Waals surface area contributed by atoms with Gasteiger partial charge in [0, 0.05) is 44.7 Å². The second kappa shape index (κ2) is 10.1. The van der Waals surface area contributed by atoms with Gasteiger partial charge in [0.15, 0.2) is 0 Å². The number of rotatable bonds is 4. The molecule has 0 unspecified atom stereocenters. The highest BCUT2D eigenvalue weighted by molar-refractivity contribution is 6.11. The van der Waals surface area contributed by atoms with Crippen molar-refractivity contribution in [1.29, 1.82) is 0 Å². The smallest absolute Gasteiger partial charge is 0.216 e. The van der Waals surface area contributed by atoms with E-state index in [1.54, 1.807) is 0 Å². The standard InChI is InChI=1S/C40H36N4O/c1-24-10-14-36-33(19-24)31-13-12-29(44-37-15-11-25(2)20-34(37)32-9-6-16-41-39(32)44)22-38(31)43(36)30-18-26(3)17-28(21-30)40-42-35(23-45-40)27-7-4-5-8-27/h6,9-22,27,35H,4-5,7-8,23H2,1-3H3/t35-/m0/s1. The molecule has 0 N–H and O–H groups in total. The number of fused-ring (bicyclic) bond motifs is 6. The van der Waals surface area contributed by atoms with Crippen molar-refractivity contribution in [2.45, 2.75) is 52.5 Å². The van der Waals surface area contributed by atoms with Crippen molar-refractivity contribution in [2.75, 3.05) is 6.61 Å². The molecule has 7 aromatic rings. The van der Waals surface area contributed by atoms with Crippen molar-refractivity contribution in [3.63, 3.8) is 0 Å². The maximum Gasteiger partial charge on any atom is 0.216 e. The van der Waals surface area contributed by atoms with E-state index in [-0.39, 0.29) is 6.04 Å². The highest BCUT2D eigenvalue weighted by Gasteiger charge is 2.30. The van der Waals surface area contributed by atoms with Gasteiger partial charge in [-0.3, -0.25) is 4.57 Å². The van der Waals surface area contributed by atoms with Crippen LogP contribution < -0.4 is 0 Å². The normalized spacial score (nSPS) is 17.2. The van der Waals surface area contributed by atoms with E-state index in [1.165, 1.54) is 80.5 Å². The molecule has 1 saturated carbocycles. The number of nitrogens with zero attached hydrogens (tertiary/aromatic N) is 4. The predicted octanol–water partition coefficient (Wildman–Crippen LogP) is 9.54. The third kappa shape index (κ3) is 4.21. The Morgan fingerprint density at radius 1 is 0.644 bits per heavy atom. The number of aromatic nitrogens is 3. The molecule has 0 radical (unpaired) electrons. The Bertz CT molecular complexity index is 2330. The van der Waals surface area contributed by atoms with Gasteiger partial charge in [0.25, 0.3) is 0 Å². The van der Waals surface area contributed by atoms with Crippen molar-refractivity contribution in [3.8, 4) is 11.4 Å². The summed E-state index contributed by atoms with van der Waals surface area (Å²) in [7, 11) is 0. The summed E-state index contributed by atoms with van der Waals surface area (Å²) in [4.78, 5) is 10.00. The van der Waals surface area contributed by atoms with Crippen LogP contribution >= 0.6 is 0 Å². The lowest BCUT2D eigenvalue weighted by atomic mass is 10.00. The van der Waals surface area contributed by atoms with Crippen LogP contribution in [0.4, 0.5) is 0 Å². The minimum Gasteiger partial charge on any atom is -0.475 e. The lowest BCUT2D eigenvalue weighted by Crippen LogP contribution is -2.16. The van der Waals surface area contributed by atoms with E-state index in [2.05, 4.69) is 109 Å². The van der Waals surface area contributed by atoms with E-state index in [9.17, 15) is 0 Å². The zero-order valence-electron chi connectivity index (χ0n) is 26.0. The lowest BCUT2D eigenvalue weighted by Gasteiger charge is -2.13. The lowest BCUT2D eigenvalue weighted by molar-refractivity contribution is 0.279. The third-order valence-electron chi connectivity index (χ3n) is 10.0. The second-order valence-corrected chi connectivity index (χ2v) is 13.2. The molecule has 5 nitrogen and oxygen atoms in total. The number of aliphatic imine (C=N–C) groups is 1. The fourth-order valence-electron chi connectivity index (χ4n) is 7.91. The maximum absolute atomic E-state index is 6.27. The Hall–Kier alpha value is -4.90. The van der Waals surface area contributed by atoms with Crippen molar-refractivity contribution < 1.29 is 4.74 Å². The summed E-state index contributed by atoms with van der Waals surface area (Å²) >= 11 is 0. The number of ether oxygens (including phenoxy) is 1. The molecule has 222 valence electrons. The molecule has 1 atom stereocenters. The van der Waals surface area contributed by atoms with Gasteiger partial charge >= 0.3 is 0 Å². The van der Waals surface area contributed by atoms with E-state index in [4.69, 9.17) is 14.7 Å². The van der Waals surface area contributed by atoms with Crippen molar-refractivity contribution in [2.24, 2.45) is 10.9 Å². The topological polar surface area (TPSA) is 44.3 Å². The minimum atomic E-state index is 0.286. The van der Waals surface area contributed by atoms with Gasteiger partial charge in [-0.15, -0.1) is 0 Å². The Labute approximate surface area is 262 Å². The molecule has 45 heavy (non-hydrogen) atoms. The Balaban J connectivity index is 1.27. The second-order valence-electron chi connectivity index (χ2n) is 13.2. The quantitative estimate of drug-likeness (QED) is 0.206. The first-order valence-corrected chi connectivity index (χ1v) is 16.3. The van der Waals surface area contributed by atoms with Crippen LogP contribution in [0.15, 0.2) is 96.1 Å². The summed E-state index contributed by atoms with van der Waals surface area (Å²) in [5, 5.41) is 4.89. The highest BCUT2D eigenvalue weighted by atomic mass is 16.5. The SMILES string of the molecule is Cc1cc(C2=N[C@H](C3CCCC3)CO2)cc(-n2c3ccc(C)cc3c3ccc(-n4c5ccc(C)cc5c5cccnc54)cc32)c1. The number of benzene rings is 4. The average Bonchev–Trinajstić information content (AvgIpc) is 3.85. The van der Waals surface area contributed by atoms with E-state index in [0.29, 0.717) is 12.5 Å². The maximum atomic E-state index is 6.27. The van der Waals surface area contributed by atoms with Gasteiger partial charge < -0.3 is 9.30 Å². The summed E-state index contributed by atoms with van der Waals surface area (Å²) in [5.41, 5.74) is 11.5. The molecular weight excluding hydrogens is 552 g/mol. The van der Waals surface area contributed by atoms with Crippen LogP contribution in [-0.2, 0) is 4.74 Å². The molecule has 0 amide bonds. The van der Waals surface area contributed by atoms with Crippen LogP contribution in [0.25, 0.3) is 55.1 Å². The largest absolute Gasteiger partial charge is 0.475 e. The summed E-state index contributed by atoms with van der Waals surface area (Å²) in [6.07, 6.45) is 7.07. The van der Waals surface area contributed by atoms with E-state index < -0.39 is 0 Å². The van der Waals surface area contributed by atoms with Gasteiger partial charge in [0.2, 0.25) is 5.90 Å². The molecule has 9 rings (SSSR count). The zero-order valence-corrected chi connectivity index (χ0v) is 26.0. The molecule has 0 spiro atoms. The van der Waals surface area contributed by atoms with Crippen molar-refractivity contribution >= 4 is 49.6 Å². The molecule has 5 heteroatoms. The molecule has 1 aliphatic carbocycles. The van der Waals surface area contributed by atoms with E-state index in [1.807, 2.05) is 12.3 Å².